The highest BCUT2D eigenvalue weighted by Crippen LogP contribution is 2.31. The summed E-state index contributed by atoms with van der Waals surface area (Å²) in [4.78, 5) is 10.7. The third-order valence-corrected chi connectivity index (χ3v) is 2.73. The van der Waals surface area contributed by atoms with E-state index < -0.39 is 6.29 Å². The molecule has 1 aliphatic rings. The van der Waals surface area contributed by atoms with E-state index in [1.807, 2.05) is 18.2 Å². The Hall–Kier alpha value is -1.10. The summed E-state index contributed by atoms with van der Waals surface area (Å²) in [6, 6.07) is 7.34. The molecule has 0 amide bonds. The van der Waals surface area contributed by atoms with E-state index in [0.717, 1.165) is 5.56 Å². The standard InChI is InChI=1S/C12H13ClO4/c1-8(14)15-6-9-7-16-12(17-9)10-4-2-3-5-11(10)13/h2-5,9,12H,6-7H2,1H3. The van der Waals surface area contributed by atoms with Crippen LogP contribution in [0.15, 0.2) is 24.3 Å². The van der Waals surface area contributed by atoms with Crippen LogP contribution in [0.25, 0.3) is 0 Å². The van der Waals surface area contributed by atoms with E-state index in [-0.39, 0.29) is 18.7 Å². The van der Waals surface area contributed by atoms with Crippen LogP contribution >= 0.6 is 11.6 Å². The van der Waals surface area contributed by atoms with Gasteiger partial charge in [0.25, 0.3) is 0 Å². The fourth-order valence-corrected chi connectivity index (χ4v) is 1.80. The van der Waals surface area contributed by atoms with Gasteiger partial charge in [0, 0.05) is 17.5 Å². The Morgan fingerprint density at radius 1 is 1.53 bits per heavy atom. The van der Waals surface area contributed by atoms with Crippen molar-refractivity contribution in [2.75, 3.05) is 13.2 Å². The minimum absolute atomic E-state index is 0.205. The minimum atomic E-state index is -0.482. The normalized spacial score (nSPS) is 23.6. The van der Waals surface area contributed by atoms with Crippen LogP contribution in [0.1, 0.15) is 18.8 Å². The van der Waals surface area contributed by atoms with Crippen LogP contribution in [0.3, 0.4) is 0 Å². The van der Waals surface area contributed by atoms with Gasteiger partial charge < -0.3 is 14.2 Å². The predicted molar refractivity (Wildman–Crippen MR) is 61.7 cm³/mol. The van der Waals surface area contributed by atoms with E-state index in [1.54, 1.807) is 6.07 Å². The van der Waals surface area contributed by atoms with Crippen molar-refractivity contribution in [1.82, 2.24) is 0 Å². The summed E-state index contributed by atoms with van der Waals surface area (Å²) in [6.45, 7) is 1.96. The zero-order valence-electron chi connectivity index (χ0n) is 9.39. The Morgan fingerprint density at radius 2 is 2.29 bits per heavy atom. The molecular weight excluding hydrogens is 244 g/mol. The van der Waals surface area contributed by atoms with Crippen molar-refractivity contribution in [2.24, 2.45) is 0 Å². The van der Waals surface area contributed by atoms with E-state index in [9.17, 15) is 4.79 Å². The molecule has 2 rings (SSSR count). The first-order chi connectivity index (χ1) is 8.16. The van der Waals surface area contributed by atoms with Crippen molar-refractivity contribution >= 4 is 17.6 Å². The van der Waals surface area contributed by atoms with Gasteiger partial charge in [-0.2, -0.15) is 0 Å². The Labute approximate surface area is 104 Å². The molecule has 2 atom stereocenters. The van der Waals surface area contributed by atoms with Gasteiger partial charge in [-0.25, -0.2) is 0 Å². The van der Waals surface area contributed by atoms with Gasteiger partial charge in [0.05, 0.1) is 6.61 Å². The average molecular weight is 257 g/mol. The van der Waals surface area contributed by atoms with E-state index in [0.29, 0.717) is 11.6 Å². The lowest BCUT2D eigenvalue weighted by molar-refractivity contribution is -0.145. The van der Waals surface area contributed by atoms with Crippen LogP contribution in [0.2, 0.25) is 5.02 Å². The maximum atomic E-state index is 10.7. The summed E-state index contributed by atoms with van der Waals surface area (Å²) >= 11 is 6.03. The Balaban J connectivity index is 1.94. The molecule has 5 heteroatoms. The van der Waals surface area contributed by atoms with Crippen molar-refractivity contribution in [3.63, 3.8) is 0 Å². The lowest BCUT2D eigenvalue weighted by Gasteiger charge is -2.12. The summed E-state index contributed by atoms with van der Waals surface area (Å²) in [6.07, 6.45) is -0.718. The molecule has 1 aromatic rings. The van der Waals surface area contributed by atoms with Gasteiger partial charge in [0.1, 0.15) is 12.7 Å². The Morgan fingerprint density at radius 3 is 3.00 bits per heavy atom. The number of hydrogen-bond donors (Lipinski definition) is 0. The van der Waals surface area contributed by atoms with Crippen LogP contribution < -0.4 is 0 Å². The summed E-state index contributed by atoms with van der Waals surface area (Å²) < 4.78 is 15.9. The fraction of sp³-hybridized carbons (Fsp3) is 0.417. The number of esters is 1. The maximum absolute atomic E-state index is 10.7. The number of rotatable bonds is 3. The summed E-state index contributed by atoms with van der Waals surface area (Å²) in [5.41, 5.74) is 0.791. The third kappa shape index (κ3) is 3.19. The van der Waals surface area contributed by atoms with Gasteiger partial charge >= 0.3 is 5.97 Å². The molecule has 1 aromatic carbocycles. The van der Waals surface area contributed by atoms with Crippen molar-refractivity contribution in [3.8, 4) is 0 Å². The highest BCUT2D eigenvalue weighted by atomic mass is 35.5. The molecular formula is C12H13ClO4. The van der Waals surface area contributed by atoms with Crippen LogP contribution in [-0.4, -0.2) is 25.3 Å². The lowest BCUT2D eigenvalue weighted by Crippen LogP contribution is -2.19. The summed E-state index contributed by atoms with van der Waals surface area (Å²) in [7, 11) is 0. The molecule has 1 heterocycles. The second kappa shape index (κ2) is 5.49. The number of benzene rings is 1. The molecule has 0 aliphatic carbocycles. The summed E-state index contributed by atoms with van der Waals surface area (Å²) in [5.74, 6) is -0.324. The van der Waals surface area contributed by atoms with Crippen LogP contribution in [0.5, 0.6) is 0 Å². The molecule has 0 saturated carbocycles. The van der Waals surface area contributed by atoms with Crippen LogP contribution in [0.4, 0.5) is 0 Å². The monoisotopic (exact) mass is 256 g/mol. The first-order valence-corrected chi connectivity index (χ1v) is 5.69. The van der Waals surface area contributed by atoms with Crippen LogP contribution in [-0.2, 0) is 19.0 Å². The summed E-state index contributed by atoms with van der Waals surface area (Å²) in [5, 5.41) is 0.602. The Bertz CT molecular complexity index is 407. The molecule has 0 N–H and O–H groups in total. The van der Waals surface area contributed by atoms with Gasteiger partial charge in [-0.1, -0.05) is 29.8 Å². The number of ether oxygens (including phenoxy) is 3. The minimum Gasteiger partial charge on any atom is -0.463 e. The van der Waals surface area contributed by atoms with Gasteiger partial charge in [0.15, 0.2) is 6.29 Å². The average Bonchev–Trinajstić information content (AvgIpc) is 2.75. The SMILES string of the molecule is CC(=O)OCC1COC(c2ccccc2Cl)O1. The van der Waals surface area contributed by atoms with Crippen molar-refractivity contribution in [1.29, 1.82) is 0 Å². The molecule has 92 valence electrons. The highest BCUT2D eigenvalue weighted by molar-refractivity contribution is 6.31. The Kier molecular flexibility index (Phi) is 3.99. The van der Waals surface area contributed by atoms with Gasteiger partial charge in [-0.3, -0.25) is 4.79 Å². The number of carbonyl (C=O) groups excluding carboxylic acids is 1. The molecule has 2 unspecified atom stereocenters. The second-order valence-corrected chi connectivity index (χ2v) is 4.15. The third-order valence-electron chi connectivity index (χ3n) is 2.38. The quantitative estimate of drug-likeness (QED) is 0.779. The topological polar surface area (TPSA) is 44.8 Å². The van der Waals surface area contributed by atoms with Gasteiger partial charge in [0.2, 0.25) is 0 Å². The number of carbonyl (C=O) groups is 1. The zero-order valence-corrected chi connectivity index (χ0v) is 10.1. The molecule has 4 nitrogen and oxygen atoms in total. The lowest BCUT2D eigenvalue weighted by atomic mass is 10.2. The largest absolute Gasteiger partial charge is 0.463 e. The number of hydrogen-bond acceptors (Lipinski definition) is 4. The fourth-order valence-electron chi connectivity index (χ4n) is 1.58. The van der Waals surface area contributed by atoms with Gasteiger partial charge in [-0.05, 0) is 6.07 Å². The van der Waals surface area contributed by atoms with E-state index in [1.165, 1.54) is 6.92 Å². The molecule has 1 fully saturated rings. The maximum Gasteiger partial charge on any atom is 0.302 e. The van der Waals surface area contributed by atoms with Gasteiger partial charge in [-0.15, -0.1) is 0 Å². The molecule has 0 bridgehead atoms. The second-order valence-electron chi connectivity index (χ2n) is 3.75. The molecule has 1 aliphatic heterocycles. The molecule has 0 radical (unpaired) electrons. The molecule has 0 spiro atoms. The van der Waals surface area contributed by atoms with E-state index in [4.69, 9.17) is 25.8 Å². The predicted octanol–water partition coefficient (Wildman–Crippen LogP) is 2.32. The molecule has 1 saturated heterocycles. The number of halogens is 1. The van der Waals surface area contributed by atoms with Crippen molar-refractivity contribution in [3.05, 3.63) is 34.9 Å². The van der Waals surface area contributed by atoms with Crippen LogP contribution in [0, 0.1) is 0 Å². The highest BCUT2D eigenvalue weighted by Gasteiger charge is 2.29. The molecule has 0 aromatic heterocycles. The smallest absolute Gasteiger partial charge is 0.302 e. The van der Waals surface area contributed by atoms with E-state index >= 15 is 0 Å². The first kappa shape index (κ1) is 12.4. The molecule has 17 heavy (non-hydrogen) atoms. The van der Waals surface area contributed by atoms with Crippen molar-refractivity contribution < 1.29 is 19.0 Å². The first-order valence-electron chi connectivity index (χ1n) is 5.31. The zero-order chi connectivity index (χ0) is 12.3. The van der Waals surface area contributed by atoms with Crippen molar-refractivity contribution in [2.45, 2.75) is 19.3 Å². The van der Waals surface area contributed by atoms with E-state index in [2.05, 4.69) is 0 Å².